The molecule has 0 amide bonds. The SMILES string of the molecule is CC[C@@]1(c2ccc3c(N)ncnn23)O[C@H](COC(=O)OC2(C)CCCCCCC2)[C@@H](O)[C@H]1O. The van der Waals surface area contributed by atoms with Crippen LogP contribution in [-0.4, -0.2) is 61.5 Å². The Morgan fingerprint density at radius 3 is 2.64 bits per heavy atom. The van der Waals surface area contributed by atoms with Crippen LogP contribution < -0.4 is 5.73 Å². The lowest BCUT2D eigenvalue weighted by molar-refractivity contribution is -0.112. The highest BCUT2D eigenvalue weighted by atomic mass is 16.7. The first kappa shape index (κ1) is 23.7. The Morgan fingerprint density at radius 2 is 1.94 bits per heavy atom. The van der Waals surface area contributed by atoms with E-state index in [4.69, 9.17) is 19.9 Å². The van der Waals surface area contributed by atoms with Gasteiger partial charge in [-0.15, -0.1) is 0 Å². The van der Waals surface area contributed by atoms with Crippen molar-refractivity contribution in [2.75, 3.05) is 12.3 Å². The lowest BCUT2D eigenvalue weighted by atomic mass is 9.88. The molecular formula is C23H34N4O6. The van der Waals surface area contributed by atoms with Crippen LogP contribution in [0.15, 0.2) is 18.5 Å². The summed E-state index contributed by atoms with van der Waals surface area (Å²) in [4.78, 5) is 16.4. The maximum Gasteiger partial charge on any atom is 0.508 e. The predicted molar refractivity (Wildman–Crippen MR) is 119 cm³/mol. The summed E-state index contributed by atoms with van der Waals surface area (Å²) in [5, 5.41) is 25.9. The van der Waals surface area contributed by atoms with E-state index in [1.807, 2.05) is 13.8 Å². The van der Waals surface area contributed by atoms with E-state index >= 15 is 0 Å². The molecule has 0 bridgehead atoms. The number of rotatable bonds is 5. The zero-order valence-corrected chi connectivity index (χ0v) is 19.3. The maximum atomic E-state index is 12.5. The third kappa shape index (κ3) is 4.51. The molecule has 1 saturated heterocycles. The van der Waals surface area contributed by atoms with E-state index in [1.54, 1.807) is 16.6 Å². The van der Waals surface area contributed by atoms with Gasteiger partial charge in [-0.1, -0.05) is 26.2 Å². The van der Waals surface area contributed by atoms with Gasteiger partial charge in [-0.05, 0) is 51.2 Å². The molecule has 3 heterocycles. The van der Waals surface area contributed by atoms with Crippen LogP contribution in [0.2, 0.25) is 0 Å². The molecule has 10 nitrogen and oxygen atoms in total. The van der Waals surface area contributed by atoms with Crippen molar-refractivity contribution in [3.63, 3.8) is 0 Å². The summed E-state index contributed by atoms with van der Waals surface area (Å²) in [5.74, 6) is 0.292. The number of ether oxygens (including phenoxy) is 3. The zero-order chi connectivity index (χ0) is 23.6. The Morgan fingerprint density at radius 1 is 1.24 bits per heavy atom. The normalized spacial score (nSPS) is 30.0. The Balaban J connectivity index is 1.45. The van der Waals surface area contributed by atoms with Crippen molar-refractivity contribution in [3.05, 3.63) is 24.2 Å². The third-order valence-electron chi connectivity index (χ3n) is 7.09. The fourth-order valence-corrected chi connectivity index (χ4v) is 5.12. The highest BCUT2D eigenvalue weighted by Gasteiger charge is 2.56. The first-order valence-corrected chi connectivity index (χ1v) is 11.8. The minimum Gasteiger partial charge on any atom is -0.431 e. The number of nitrogens with two attached hydrogens (primary N) is 1. The number of aliphatic hydroxyl groups is 2. The lowest BCUT2D eigenvalue weighted by Crippen LogP contribution is -2.41. The second kappa shape index (κ2) is 9.44. The van der Waals surface area contributed by atoms with E-state index in [9.17, 15) is 15.0 Å². The standard InChI is InChI=1S/C23H34N4O6/c1-3-23(17-10-9-15-20(24)25-14-26-27(15)17)19(29)18(28)16(32-23)13-31-21(30)33-22(2)11-7-5-4-6-8-12-22/h9-10,14,16,18-19,28-29H,3-8,11-13H2,1-2H3,(H2,24,25,26)/t16-,18-,19-,23+/m1/s1. The number of aliphatic hydroxyl groups excluding tert-OH is 2. The fourth-order valence-electron chi connectivity index (χ4n) is 5.12. The van der Waals surface area contributed by atoms with Gasteiger partial charge in [0.05, 0.1) is 5.69 Å². The summed E-state index contributed by atoms with van der Waals surface area (Å²) in [6.45, 7) is 3.54. The molecule has 2 aromatic heterocycles. The number of nitrogens with zero attached hydrogens (tertiary/aromatic N) is 3. The Labute approximate surface area is 193 Å². The number of aromatic nitrogens is 3. The molecule has 10 heteroatoms. The van der Waals surface area contributed by atoms with Gasteiger partial charge in [-0.25, -0.2) is 14.3 Å². The quantitative estimate of drug-likeness (QED) is 0.572. The number of hydrogen-bond acceptors (Lipinski definition) is 9. The van der Waals surface area contributed by atoms with E-state index in [0.29, 0.717) is 23.4 Å². The monoisotopic (exact) mass is 462 g/mol. The molecule has 2 aromatic rings. The van der Waals surface area contributed by atoms with Gasteiger partial charge in [0.15, 0.2) is 5.82 Å². The number of hydrogen-bond donors (Lipinski definition) is 3. The van der Waals surface area contributed by atoms with Crippen molar-refractivity contribution in [1.82, 2.24) is 14.6 Å². The summed E-state index contributed by atoms with van der Waals surface area (Å²) >= 11 is 0. The van der Waals surface area contributed by atoms with E-state index in [2.05, 4.69) is 10.1 Å². The van der Waals surface area contributed by atoms with Gasteiger partial charge in [0.25, 0.3) is 0 Å². The predicted octanol–water partition coefficient (Wildman–Crippen LogP) is 2.69. The van der Waals surface area contributed by atoms with Gasteiger partial charge in [0.1, 0.15) is 48.0 Å². The van der Waals surface area contributed by atoms with Crippen LogP contribution in [0.3, 0.4) is 0 Å². The average Bonchev–Trinajstić information content (AvgIpc) is 3.31. The first-order chi connectivity index (χ1) is 15.8. The summed E-state index contributed by atoms with van der Waals surface area (Å²) in [5.41, 5.74) is 5.23. The number of anilines is 1. The summed E-state index contributed by atoms with van der Waals surface area (Å²) in [7, 11) is 0. The maximum absolute atomic E-state index is 12.5. The molecule has 0 spiro atoms. The minimum atomic E-state index is -1.26. The van der Waals surface area contributed by atoms with E-state index in [1.165, 1.54) is 12.7 Å². The van der Waals surface area contributed by atoms with Crippen molar-refractivity contribution in [3.8, 4) is 0 Å². The van der Waals surface area contributed by atoms with Crippen LogP contribution >= 0.6 is 0 Å². The average molecular weight is 463 g/mol. The molecule has 2 fully saturated rings. The minimum absolute atomic E-state index is 0.241. The number of fused-ring (bicyclic) bond motifs is 1. The van der Waals surface area contributed by atoms with Crippen LogP contribution in [0.4, 0.5) is 10.6 Å². The number of nitrogen functional groups attached to an aromatic ring is 1. The van der Waals surface area contributed by atoms with E-state index < -0.39 is 35.7 Å². The molecule has 2 aliphatic rings. The van der Waals surface area contributed by atoms with Crippen molar-refractivity contribution in [2.24, 2.45) is 0 Å². The second-order valence-corrected chi connectivity index (χ2v) is 9.38. The van der Waals surface area contributed by atoms with Crippen molar-refractivity contribution in [1.29, 1.82) is 0 Å². The van der Waals surface area contributed by atoms with Gasteiger partial charge in [-0.3, -0.25) is 0 Å². The van der Waals surface area contributed by atoms with Crippen molar-refractivity contribution < 1.29 is 29.2 Å². The molecule has 33 heavy (non-hydrogen) atoms. The molecule has 4 rings (SSSR count). The summed E-state index contributed by atoms with van der Waals surface area (Å²) in [6.07, 6.45) is 4.54. The molecule has 0 aromatic carbocycles. The van der Waals surface area contributed by atoms with Gasteiger partial charge in [0.2, 0.25) is 0 Å². The van der Waals surface area contributed by atoms with Crippen molar-refractivity contribution >= 4 is 17.5 Å². The second-order valence-electron chi connectivity index (χ2n) is 9.38. The van der Waals surface area contributed by atoms with Crippen LogP contribution in [0.5, 0.6) is 0 Å². The molecule has 4 N–H and O–H groups in total. The summed E-state index contributed by atoms with van der Waals surface area (Å²) < 4.78 is 18.7. The lowest BCUT2D eigenvalue weighted by Gasteiger charge is -2.31. The van der Waals surface area contributed by atoms with Gasteiger partial charge < -0.3 is 30.2 Å². The molecular weight excluding hydrogens is 428 g/mol. The van der Waals surface area contributed by atoms with E-state index in [-0.39, 0.29) is 6.61 Å². The largest absolute Gasteiger partial charge is 0.508 e. The topological polar surface area (TPSA) is 141 Å². The van der Waals surface area contributed by atoms with Crippen LogP contribution in [0, 0.1) is 0 Å². The molecule has 1 saturated carbocycles. The smallest absolute Gasteiger partial charge is 0.431 e. The number of carbonyl (C=O) groups is 1. The van der Waals surface area contributed by atoms with Crippen LogP contribution in [-0.2, 0) is 19.8 Å². The molecule has 1 aliphatic carbocycles. The molecule has 0 unspecified atom stereocenters. The Kier molecular flexibility index (Phi) is 6.78. The van der Waals surface area contributed by atoms with E-state index in [0.717, 1.165) is 38.5 Å². The van der Waals surface area contributed by atoms with Gasteiger partial charge in [0, 0.05) is 0 Å². The van der Waals surface area contributed by atoms with Gasteiger partial charge >= 0.3 is 6.16 Å². The molecule has 182 valence electrons. The highest BCUT2D eigenvalue weighted by molar-refractivity contribution is 5.65. The molecule has 0 radical (unpaired) electrons. The number of carbonyl (C=O) groups excluding carboxylic acids is 1. The molecule has 1 aliphatic heterocycles. The Hall–Kier alpha value is -2.43. The fraction of sp³-hybridized carbons (Fsp3) is 0.696. The first-order valence-electron chi connectivity index (χ1n) is 11.8. The van der Waals surface area contributed by atoms with Gasteiger partial charge in [-0.2, -0.15) is 5.10 Å². The van der Waals surface area contributed by atoms with Crippen LogP contribution in [0.1, 0.15) is 70.9 Å². The highest BCUT2D eigenvalue weighted by Crippen LogP contribution is 2.43. The summed E-state index contributed by atoms with van der Waals surface area (Å²) in [6, 6.07) is 3.48. The third-order valence-corrected chi connectivity index (χ3v) is 7.09. The molecule has 4 atom stereocenters. The zero-order valence-electron chi connectivity index (χ0n) is 19.3. The van der Waals surface area contributed by atoms with Crippen molar-refractivity contribution in [2.45, 2.75) is 94.7 Å². The van der Waals surface area contributed by atoms with Crippen LogP contribution in [0.25, 0.3) is 5.52 Å². The Bertz CT molecular complexity index is 973.